The Kier molecular flexibility index (Phi) is 1.72. The molecule has 0 bridgehead atoms. The topological polar surface area (TPSA) is 34.6 Å². The molecule has 2 aliphatic heterocycles. The highest BCUT2D eigenvalue weighted by atomic mass is 16.7. The zero-order valence-electron chi connectivity index (χ0n) is 25.0. The standard InChI is InChI=1S/C17H27BN2O2/c1-13-8-10-20(11-9-13)14-6-7-15(19-12-14)18-21-16(2,3)17(4,5)22-18/h6-7,12-13H,8-11H2,1-5H3/i1D3,8D2,9D2,10D2,11D2,13D. The van der Waals surface area contributed by atoms with E-state index < -0.39 is 56.8 Å². The quantitative estimate of drug-likeness (QED) is 0.786. The molecule has 0 aromatic carbocycles. The van der Waals surface area contributed by atoms with E-state index in [0.29, 0.717) is 0 Å². The fourth-order valence-corrected chi connectivity index (χ4v) is 2.04. The second kappa shape index (κ2) is 5.53. The van der Waals surface area contributed by atoms with Gasteiger partial charge in [-0.05, 0) is 58.5 Å². The number of aromatic nitrogens is 1. The van der Waals surface area contributed by atoms with E-state index in [1.807, 2.05) is 27.7 Å². The van der Waals surface area contributed by atoms with Crippen LogP contribution in [0.5, 0.6) is 0 Å². The minimum absolute atomic E-state index is 0.180. The van der Waals surface area contributed by atoms with Gasteiger partial charge in [0.05, 0.1) is 22.5 Å². The Balaban J connectivity index is 2.10. The third kappa shape index (κ3) is 2.89. The molecule has 0 radical (unpaired) electrons. The molecule has 0 unspecified atom stereocenters. The summed E-state index contributed by atoms with van der Waals surface area (Å²) in [6.45, 7) is -3.26. The highest BCUT2D eigenvalue weighted by Crippen LogP contribution is 2.36. The van der Waals surface area contributed by atoms with Gasteiger partial charge in [0.25, 0.3) is 0 Å². The molecule has 4 nitrogen and oxygen atoms in total. The first-order chi connectivity index (χ1) is 14.9. The van der Waals surface area contributed by atoms with Crippen molar-refractivity contribution in [3.8, 4) is 0 Å². The number of anilines is 1. The van der Waals surface area contributed by atoms with Crippen LogP contribution in [0.25, 0.3) is 0 Å². The first-order valence-corrected chi connectivity index (χ1v) is 7.02. The summed E-state index contributed by atoms with van der Waals surface area (Å²) in [7, 11) is -0.886. The number of nitrogens with zero attached hydrogens (tertiary/aromatic N) is 2. The minimum atomic E-state index is -3.77. The molecule has 0 N–H and O–H groups in total. The molecule has 3 heterocycles. The molecule has 5 heteroatoms. The monoisotopic (exact) mass is 314 g/mol. The van der Waals surface area contributed by atoms with Crippen LogP contribution in [0.15, 0.2) is 18.3 Å². The molecule has 0 amide bonds. The van der Waals surface area contributed by atoms with E-state index in [2.05, 4.69) is 4.98 Å². The first-order valence-electron chi connectivity index (χ1n) is 13.0. The van der Waals surface area contributed by atoms with Crippen LogP contribution in [0.1, 0.15) is 63.7 Å². The van der Waals surface area contributed by atoms with Gasteiger partial charge < -0.3 is 14.2 Å². The number of hydrogen-bond acceptors (Lipinski definition) is 4. The van der Waals surface area contributed by atoms with Gasteiger partial charge in [0, 0.05) is 35.6 Å². The normalized spacial score (nSPS) is 44.0. The van der Waals surface area contributed by atoms with Gasteiger partial charge in [0.15, 0.2) is 0 Å². The summed E-state index contributed by atoms with van der Waals surface area (Å²) in [6, 6.07) is 2.54. The van der Waals surface area contributed by atoms with E-state index >= 15 is 0 Å². The van der Waals surface area contributed by atoms with Crippen LogP contribution < -0.4 is 10.5 Å². The van der Waals surface area contributed by atoms with Gasteiger partial charge in [0.1, 0.15) is 0 Å². The molecule has 0 atom stereocenters. The number of hydrogen-bond donors (Lipinski definition) is 0. The minimum Gasteiger partial charge on any atom is -0.398 e. The fourth-order valence-electron chi connectivity index (χ4n) is 2.04. The molecule has 1 aromatic rings. The van der Waals surface area contributed by atoms with Crippen molar-refractivity contribution in [1.29, 1.82) is 0 Å². The molecule has 1 aromatic heterocycles. The van der Waals surface area contributed by atoms with Crippen molar-refractivity contribution in [3.63, 3.8) is 0 Å². The summed E-state index contributed by atoms with van der Waals surface area (Å²) in [6.07, 6.45) is -6.34. The van der Waals surface area contributed by atoms with E-state index in [-0.39, 0.29) is 16.2 Å². The summed E-state index contributed by atoms with van der Waals surface area (Å²) in [5.41, 5.74) is -1.42. The van der Waals surface area contributed by atoms with Gasteiger partial charge in [-0.1, -0.05) is 6.85 Å². The van der Waals surface area contributed by atoms with Gasteiger partial charge in [-0.3, -0.25) is 4.98 Å². The Bertz CT molecular complexity index is 920. The third-order valence-electron chi connectivity index (χ3n) is 4.11. The summed E-state index contributed by atoms with van der Waals surface area (Å²) in [5, 5.41) is 0. The SMILES string of the molecule is [2H]C([2H])([2H])C1([2H])C([2H])([2H])C([2H])([2H])N(c2ccc(B3OC(C)(C)C(C)(C)O3)nc2)C([2H])([2H])C1([2H])[2H]. The summed E-state index contributed by atoms with van der Waals surface area (Å²) >= 11 is 0. The molecule has 0 aliphatic carbocycles. The highest BCUT2D eigenvalue weighted by molar-refractivity contribution is 6.61. The third-order valence-corrected chi connectivity index (χ3v) is 4.11. The molecule has 3 rings (SSSR count). The van der Waals surface area contributed by atoms with E-state index in [9.17, 15) is 0 Å². The van der Waals surface area contributed by atoms with E-state index in [0.717, 1.165) is 6.20 Å². The molecular formula is C17H27BN2O2. The van der Waals surface area contributed by atoms with Crippen LogP contribution in [0, 0.1) is 5.89 Å². The Morgan fingerprint density at radius 3 is 2.41 bits per heavy atom. The maximum Gasteiger partial charge on any atom is 0.514 e. The van der Waals surface area contributed by atoms with E-state index in [1.165, 1.54) is 12.1 Å². The van der Waals surface area contributed by atoms with Crippen molar-refractivity contribution in [2.45, 2.75) is 58.5 Å². The lowest BCUT2D eigenvalue weighted by Gasteiger charge is -2.32. The molecule has 2 saturated heterocycles. The van der Waals surface area contributed by atoms with Crippen LogP contribution in [0.2, 0.25) is 0 Å². The molecule has 0 saturated carbocycles. The predicted molar refractivity (Wildman–Crippen MR) is 90.6 cm³/mol. The van der Waals surface area contributed by atoms with Gasteiger partial charge >= 0.3 is 7.12 Å². The first kappa shape index (κ1) is 6.82. The van der Waals surface area contributed by atoms with Gasteiger partial charge in [0.2, 0.25) is 0 Å². The van der Waals surface area contributed by atoms with Crippen molar-refractivity contribution in [2.24, 2.45) is 5.89 Å². The summed E-state index contributed by atoms with van der Waals surface area (Å²) < 4.78 is 109. The molecule has 120 valence electrons. The van der Waals surface area contributed by atoms with Crippen molar-refractivity contribution in [2.75, 3.05) is 17.9 Å². The zero-order valence-corrected chi connectivity index (χ0v) is 13.0. The van der Waals surface area contributed by atoms with Gasteiger partial charge in [-0.2, -0.15) is 0 Å². The molecule has 2 aliphatic rings. The molecule has 22 heavy (non-hydrogen) atoms. The Hall–Kier alpha value is -1.07. The Morgan fingerprint density at radius 1 is 1.27 bits per heavy atom. The molecule has 0 spiro atoms. The number of pyridine rings is 1. The lowest BCUT2D eigenvalue weighted by atomic mass is 9.84. The van der Waals surface area contributed by atoms with Crippen molar-refractivity contribution < 1.29 is 25.8 Å². The second-order valence-electron chi connectivity index (χ2n) is 6.21. The molecule has 2 fully saturated rings. The second-order valence-corrected chi connectivity index (χ2v) is 6.21. The van der Waals surface area contributed by atoms with E-state index in [4.69, 9.17) is 25.8 Å². The Labute approximate surface area is 151 Å². The number of rotatable bonds is 2. The van der Waals surface area contributed by atoms with Crippen molar-refractivity contribution in [3.05, 3.63) is 18.3 Å². The molecular weight excluding hydrogens is 275 g/mol. The number of piperidine rings is 1. The summed E-state index contributed by atoms with van der Waals surface area (Å²) in [5.74, 6) is -3.77. The maximum atomic E-state index is 8.38. The van der Waals surface area contributed by atoms with Crippen LogP contribution >= 0.6 is 0 Å². The lowest BCUT2D eigenvalue weighted by Crippen LogP contribution is -2.41. The average Bonchev–Trinajstić information content (AvgIpc) is 2.86. The van der Waals surface area contributed by atoms with Crippen LogP contribution in [-0.4, -0.2) is 36.3 Å². The lowest BCUT2D eigenvalue weighted by molar-refractivity contribution is 0.00578. The van der Waals surface area contributed by atoms with Gasteiger partial charge in [-0.25, -0.2) is 0 Å². The Morgan fingerprint density at radius 2 is 1.91 bits per heavy atom. The van der Waals surface area contributed by atoms with Crippen molar-refractivity contribution in [1.82, 2.24) is 4.98 Å². The van der Waals surface area contributed by atoms with Crippen molar-refractivity contribution >= 4 is 18.4 Å². The zero-order chi connectivity index (χ0) is 26.6. The smallest absolute Gasteiger partial charge is 0.398 e. The fraction of sp³-hybridized carbons (Fsp3) is 0.706. The largest absolute Gasteiger partial charge is 0.514 e. The van der Waals surface area contributed by atoms with E-state index in [1.54, 1.807) is 0 Å². The summed E-state index contributed by atoms with van der Waals surface area (Å²) in [4.78, 5) is 4.33. The van der Waals surface area contributed by atoms with Crippen LogP contribution in [0.4, 0.5) is 5.69 Å². The van der Waals surface area contributed by atoms with Crippen LogP contribution in [-0.2, 0) is 9.31 Å². The maximum absolute atomic E-state index is 8.38. The highest BCUT2D eigenvalue weighted by Gasteiger charge is 2.52. The average molecular weight is 314 g/mol. The van der Waals surface area contributed by atoms with Crippen LogP contribution in [0.3, 0.4) is 0 Å². The van der Waals surface area contributed by atoms with Gasteiger partial charge in [-0.15, -0.1) is 0 Å². The predicted octanol–water partition coefficient (Wildman–Crippen LogP) is 2.62.